The highest BCUT2D eigenvalue weighted by atomic mass is 16.2. The Morgan fingerprint density at radius 2 is 1.70 bits per heavy atom. The number of para-hydroxylation sites is 1. The Morgan fingerprint density at radius 3 is 2.50 bits per heavy atom. The van der Waals surface area contributed by atoms with E-state index in [1.807, 2.05) is 66.1 Å². The number of carbonyl (C=O) groups is 1. The molecule has 1 atom stereocenters. The Bertz CT molecular complexity index is 1250. The van der Waals surface area contributed by atoms with Crippen LogP contribution in [-0.2, 0) is 0 Å². The van der Waals surface area contributed by atoms with Crippen LogP contribution >= 0.6 is 0 Å². The standard InChI is InChI=1S/C23H18N6O/c1-15-27-28-22-21(26-23(30)18-12-7-8-14-24-18)25-20(16-9-3-2-4-10-16)17-11-5-6-13-19(17)29(15)22/h2-14,21H,1H3,(H,26,30). The van der Waals surface area contributed by atoms with E-state index < -0.39 is 6.17 Å². The first-order chi connectivity index (χ1) is 14.7. The highest BCUT2D eigenvalue weighted by molar-refractivity contribution is 6.15. The number of nitrogens with zero attached hydrogens (tertiary/aromatic N) is 5. The van der Waals surface area contributed by atoms with Crippen LogP contribution in [0, 0.1) is 6.92 Å². The lowest BCUT2D eigenvalue weighted by atomic mass is 10.0. The molecule has 1 N–H and O–H groups in total. The normalized spacial score (nSPS) is 14.8. The molecule has 5 rings (SSSR count). The quantitative estimate of drug-likeness (QED) is 0.578. The van der Waals surface area contributed by atoms with Crippen molar-refractivity contribution in [2.45, 2.75) is 13.1 Å². The Labute approximate surface area is 173 Å². The third kappa shape index (κ3) is 3.06. The SMILES string of the molecule is Cc1nnc2n1-c1ccccc1C(c1ccccc1)=NC2NC(=O)c1ccccn1. The highest BCUT2D eigenvalue weighted by Gasteiger charge is 2.29. The molecule has 1 unspecified atom stereocenters. The second-order valence-corrected chi connectivity index (χ2v) is 6.89. The number of hydrogen-bond donors (Lipinski definition) is 1. The van der Waals surface area contributed by atoms with Gasteiger partial charge in [0.1, 0.15) is 11.5 Å². The molecule has 1 aliphatic heterocycles. The number of carbonyl (C=O) groups excluding carboxylic acids is 1. The summed E-state index contributed by atoms with van der Waals surface area (Å²) in [6.45, 7) is 1.89. The molecule has 3 heterocycles. The van der Waals surface area contributed by atoms with Gasteiger partial charge in [-0.1, -0.05) is 54.6 Å². The van der Waals surface area contributed by atoms with Gasteiger partial charge in [-0.05, 0) is 25.1 Å². The van der Waals surface area contributed by atoms with Crippen molar-refractivity contribution in [2.24, 2.45) is 4.99 Å². The molecule has 2 aromatic heterocycles. The minimum absolute atomic E-state index is 0.318. The monoisotopic (exact) mass is 394 g/mol. The van der Waals surface area contributed by atoms with Crippen molar-refractivity contribution in [3.8, 4) is 5.69 Å². The largest absolute Gasteiger partial charge is 0.322 e. The van der Waals surface area contributed by atoms with Crippen LogP contribution in [0.15, 0.2) is 84.0 Å². The van der Waals surface area contributed by atoms with Gasteiger partial charge in [-0.15, -0.1) is 10.2 Å². The molecular weight excluding hydrogens is 376 g/mol. The van der Waals surface area contributed by atoms with E-state index in [1.54, 1.807) is 24.4 Å². The van der Waals surface area contributed by atoms with Gasteiger partial charge in [0.2, 0.25) is 0 Å². The number of rotatable bonds is 3. The molecular formula is C23H18N6O. The number of amides is 1. The molecule has 0 saturated carbocycles. The molecule has 146 valence electrons. The molecule has 4 aromatic rings. The number of pyridine rings is 1. The van der Waals surface area contributed by atoms with Crippen molar-refractivity contribution >= 4 is 11.6 Å². The summed E-state index contributed by atoms with van der Waals surface area (Å²) in [6, 6.07) is 23.1. The first kappa shape index (κ1) is 17.9. The van der Waals surface area contributed by atoms with Gasteiger partial charge in [0.05, 0.1) is 11.4 Å². The third-order valence-electron chi connectivity index (χ3n) is 4.97. The molecule has 0 spiro atoms. The summed E-state index contributed by atoms with van der Waals surface area (Å²) in [5.41, 5.74) is 3.92. The Balaban J connectivity index is 1.68. The van der Waals surface area contributed by atoms with Crippen molar-refractivity contribution in [1.29, 1.82) is 0 Å². The Kier molecular flexibility index (Phi) is 4.40. The van der Waals surface area contributed by atoms with Crippen molar-refractivity contribution < 1.29 is 4.79 Å². The summed E-state index contributed by atoms with van der Waals surface area (Å²) in [7, 11) is 0. The molecule has 1 aliphatic rings. The molecule has 30 heavy (non-hydrogen) atoms. The van der Waals surface area contributed by atoms with E-state index in [0.717, 1.165) is 28.4 Å². The smallest absolute Gasteiger partial charge is 0.271 e. The van der Waals surface area contributed by atoms with Gasteiger partial charge in [0, 0.05) is 17.3 Å². The van der Waals surface area contributed by atoms with Crippen LogP contribution in [-0.4, -0.2) is 31.4 Å². The maximum Gasteiger partial charge on any atom is 0.271 e. The van der Waals surface area contributed by atoms with E-state index in [4.69, 9.17) is 4.99 Å². The van der Waals surface area contributed by atoms with Gasteiger partial charge in [-0.2, -0.15) is 0 Å². The van der Waals surface area contributed by atoms with Crippen LogP contribution in [0.2, 0.25) is 0 Å². The molecule has 0 saturated heterocycles. The van der Waals surface area contributed by atoms with Crippen LogP contribution in [0.5, 0.6) is 0 Å². The van der Waals surface area contributed by atoms with E-state index in [0.29, 0.717) is 11.5 Å². The molecule has 0 fully saturated rings. The molecule has 2 aromatic carbocycles. The van der Waals surface area contributed by atoms with E-state index >= 15 is 0 Å². The van der Waals surface area contributed by atoms with Gasteiger partial charge >= 0.3 is 0 Å². The van der Waals surface area contributed by atoms with Crippen LogP contribution in [0.1, 0.15) is 39.4 Å². The molecule has 7 nitrogen and oxygen atoms in total. The van der Waals surface area contributed by atoms with E-state index in [9.17, 15) is 4.79 Å². The fourth-order valence-electron chi connectivity index (χ4n) is 3.60. The average Bonchev–Trinajstić information content (AvgIpc) is 3.12. The summed E-state index contributed by atoms with van der Waals surface area (Å²) < 4.78 is 1.94. The van der Waals surface area contributed by atoms with E-state index in [2.05, 4.69) is 20.5 Å². The summed E-state index contributed by atoms with van der Waals surface area (Å²) in [5.74, 6) is 0.948. The maximum absolute atomic E-state index is 12.9. The van der Waals surface area contributed by atoms with Gasteiger partial charge in [0.15, 0.2) is 12.0 Å². The van der Waals surface area contributed by atoms with Crippen LogP contribution in [0.25, 0.3) is 5.69 Å². The van der Waals surface area contributed by atoms with Crippen molar-refractivity contribution in [3.63, 3.8) is 0 Å². The van der Waals surface area contributed by atoms with Crippen molar-refractivity contribution in [3.05, 3.63) is 107 Å². The number of fused-ring (bicyclic) bond motifs is 3. The fraction of sp³-hybridized carbons (Fsp3) is 0.0870. The summed E-state index contributed by atoms with van der Waals surface area (Å²) in [6.07, 6.45) is 0.867. The highest BCUT2D eigenvalue weighted by Crippen LogP contribution is 2.29. The first-order valence-electron chi connectivity index (χ1n) is 9.59. The van der Waals surface area contributed by atoms with Crippen LogP contribution in [0.4, 0.5) is 0 Å². The van der Waals surface area contributed by atoms with Crippen LogP contribution < -0.4 is 5.32 Å². The number of benzene rings is 2. The van der Waals surface area contributed by atoms with Crippen LogP contribution in [0.3, 0.4) is 0 Å². The van der Waals surface area contributed by atoms with Gasteiger partial charge in [-0.25, -0.2) is 0 Å². The molecule has 7 heteroatoms. The number of aromatic nitrogens is 4. The van der Waals surface area contributed by atoms with Gasteiger partial charge in [0.25, 0.3) is 5.91 Å². The number of nitrogens with one attached hydrogen (secondary N) is 1. The van der Waals surface area contributed by atoms with E-state index in [1.165, 1.54) is 0 Å². The molecule has 0 aliphatic carbocycles. The lowest BCUT2D eigenvalue weighted by Gasteiger charge is -2.14. The second-order valence-electron chi connectivity index (χ2n) is 6.89. The number of aliphatic imine (C=N–C) groups is 1. The van der Waals surface area contributed by atoms with Crippen molar-refractivity contribution in [1.82, 2.24) is 25.1 Å². The van der Waals surface area contributed by atoms with E-state index in [-0.39, 0.29) is 5.91 Å². The van der Waals surface area contributed by atoms with Gasteiger partial charge < -0.3 is 5.32 Å². The predicted molar refractivity (Wildman–Crippen MR) is 113 cm³/mol. The zero-order valence-corrected chi connectivity index (χ0v) is 16.2. The third-order valence-corrected chi connectivity index (χ3v) is 4.97. The Morgan fingerprint density at radius 1 is 0.933 bits per heavy atom. The number of aryl methyl sites for hydroxylation is 1. The number of hydrogen-bond acceptors (Lipinski definition) is 5. The fourth-order valence-corrected chi connectivity index (χ4v) is 3.60. The second kappa shape index (κ2) is 7.36. The van der Waals surface area contributed by atoms with Crippen molar-refractivity contribution in [2.75, 3.05) is 0 Å². The zero-order valence-electron chi connectivity index (χ0n) is 16.2. The molecule has 1 amide bonds. The zero-order chi connectivity index (χ0) is 20.5. The average molecular weight is 394 g/mol. The van der Waals surface area contributed by atoms with Gasteiger partial charge in [-0.3, -0.25) is 19.3 Å². The Hall–Kier alpha value is -4.13. The maximum atomic E-state index is 12.9. The molecule has 0 bridgehead atoms. The summed E-state index contributed by atoms with van der Waals surface area (Å²) >= 11 is 0. The summed E-state index contributed by atoms with van der Waals surface area (Å²) in [5, 5.41) is 11.6. The summed E-state index contributed by atoms with van der Waals surface area (Å²) in [4.78, 5) is 21.9. The first-order valence-corrected chi connectivity index (χ1v) is 9.59. The molecule has 0 radical (unpaired) electrons. The lowest BCUT2D eigenvalue weighted by molar-refractivity contribution is 0.0931. The predicted octanol–water partition coefficient (Wildman–Crippen LogP) is 3.25. The minimum Gasteiger partial charge on any atom is -0.322 e. The topological polar surface area (TPSA) is 85.1 Å². The minimum atomic E-state index is -0.719. The lowest BCUT2D eigenvalue weighted by Crippen LogP contribution is -2.30.